The van der Waals surface area contributed by atoms with Gasteiger partial charge in [-0.15, -0.1) is 0 Å². The Morgan fingerprint density at radius 1 is 1.38 bits per heavy atom. The van der Waals surface area contributed by atoms with E-state index < -0.39 is 0 Å². The Bertz CT molecular complexity index is 295. The molecule has 1 unspecified atom stereocenters. The van der Waals surface area contributed by atoms with Crippen LogP contribution >= 0.6 is 15.9 Å². The van der Waals surface area contributed by atoms with Gasteiger partial charge in [-0.05, 0) is 53.4 Å². The number of halogens is 1. The fraction of sp³-hybridized carbons (Fsp3) is 0.615. The van der Waals surface area contributed by atoms with Gasteiger partial charge in [0.05, 0.1) is 0 Å². The van der Waals surface area contributed by atoms with Gasteiger partial charge in [-0.25, -0.2) is 0 Å². The molecule has 0 bridgehead atoms. The number of nitrogens with one attached hydrogen (secondary N) is 1. The van der Waals surface area contributed by atoms with E-state index in [0.29, 0.717) is 12.0 Å². The minimum absolute atomic E-state index is 0.593. The normalized spacial score (nSPS) is 13.1. The zero-order valence-electron chi connectivity index (χ0n) is 10.3. The van der Waals surface area contributed by atoms with Crippen molar-refractivity contribution in [3.8, 4) is 0 Å². The molecule has 0 fully saturated rings. The van der Waals surface area contributed by atoms with Crippen molar-refractivity contribution >= 4 is 15.9 Å². The molecular weight excluding hydrogens is 264 g/mol. The number of pyridine rings is 1. The van der Waals surface area contributed by atoms with Gasteiger partial charge in [0.15, 0.2) is 0 Å². The maximum Gasteiger partial charge on any atom is 0.0413 e. The van der Waals surface area contributed by atoms with E-state index in [9.17, 15) is 0 Å². The van der Waals surface area contributed by atoms with E-state index in [1.165, 1.54) is 5.69 Å². The van der Waals surface area contributed by atoms with Crippen LogP contribution < -0.4 is 5.32 Å². The number of hydrogen-bond acceptors (Lipinski definition) is 2. The van der Waals surface area contributed by atoms with Crippen LogP contribution in [0.25, 0.3) is 0 Å². The van der Waals surface area contributed by atoms with E-state index in [-0.39, 0.29) is 0 Å². The van der Waals surface area contributed by atoms with Crippen LogP contribution in [0, 0.1) is 5.92 Å². The minimum atomic E-state index is 0.593. The van der Waals surface area contributed by atoms with E-state index in [4.69, 9.17) is 0 Å². The molecule has 3 heteroatoms. The average Bonchev–Trinajstić information content (AvgIpc) is 2.26. The van der Waals surface area contributed by atoms with Crippen LogP contribution in [0.5, 0.6) is 0 Å². The fourth-order valence-electron chi connectivity index (χ4n) is 1.79. The van der Waals surface area contributed by atoms with Gasteiger partial charge < -0.3 is 5.32 Å². The molecule has 16 heavy (non-hydrogen) atoms. The van der Waals surface area contributed by atoms with E-state index >= 15 is 0 Å². The van der Waals surface area contributed by atoms with Crippen LogP contribution in [0.4, 0.5) is 0 Å². The Hall–Kier alpha value is -0.410. The third-order valence-electron chi connectivity index (χ3n) is 2.77. The molecule has 1 rings (SSSR count). The second kappa shape index (κ2) is 7.02. The Morgan fingerprint density at radius 3 is 2.62 bits per heavy atom. The van der Waals surface area contributed by atoms with Crippen molar-refractivity contribution in [1.82, 2.24) is 10.3 Å². The van der Waals surface area contributed by atoms with Crippen LogP contribution in [0.15, 0.2) is 22.8 Å². The second-order valence-electron chi connectivity index (χ2n) is 4.41. The topological polar surface area (TPSA) is 24.9 Å². The quantitative estimate of drug-likeness (QED) is 0.866. The zero-order valence-corrected chi connectivity index (χ0v) is 11.9. The van der Waals surface area contributed by atoms with Gasteiger partial charge in [0, 0.05) is 22.4 Å². The summed E-state index contributed by atoms with van der Waals surface area (Å²) in [5, 5.41) is 3.53. The van der Waals surface area contributed by atoms with Crippen molar-refractivity contribution in [2.75, 3.05) is 6.54 Å². The summed E-state index contributed by atoms with van der Waals surface area (Å²) in [5.74, 6) is 0.676. The van der Waals surface area contributed by atoms with Gasteiger partial charge in [-0.3, -0.25) is 4.98 Å². The van der Waals surface area contributed by atoms with E-state index in [1.807, 2.05) is 6.20 Å². The summed E-state index contributed by atoms with van der Waals surface area (Å²) in [6, 6.07) is 4.74. The summed E-state index contributed by atoms with van der Waals surface area (Å²) >= 11 is 3.40. The summed E-state index contributed by atoms with van der Waals surface area (Å²) in [6.45, 7) is 7.73. The molecule has 0 spiro atoms. The number of aromatic nitrogens is 1. The standard InChI is InChI=1S/C13H21BrN2/c1-4-15-13(10(2)3)8-7-12-6-5-11(14)9-16-12/h5-6,9-10,13,15H,4,7-8H2,1-3H3. The van der Waals surface area contributed by atoms with Gasteiger partial charge in [0.25, 0.3) is 0 Å². The van der Waals surface area contributed by atoms with Crippen LogP contribution in [-0.4, -0.2) is 17.6 Å². The van der Waals surface area contributed by atoms with Gasteiger partial charge in [-0.1, -0.05) is 20.8 Å². The summed E-state index contributed by atoms with van der Waals surface area (Å²) < 4.78 is 1.04. The molecule has 1 atom stereocenters. The van der Waals surface area contributed by atoms with Crippen molar-refractivity contribution < 1.29 is 0 Å². The first-order chi connectivity index (χ1) is 7.63. The number of hydrogen-bond donors (Lipinski definition) is 1. The van der Waals surface area contributed by atoms with Gasteiger partial charge in [0.1, 0.15) is 0 Å². The molecule has 0 aliphatic heterocycles. The first-order valence-electron chi connectivity index (χ1n) is 5.97. The van der Waals surface area contributed by atoms with E-state index in [0.717, 1.165) is 23.9 Å². The van der Waals surface area contributed by atoms with Crippen LogP contribution in [0.1, 0.15) is 32.9 Å². The molecule has 0 aliphatic carbocycles. The lowest BCUT2D eigenvalue weighted by molar-refractivity contribution is 0.384. The Morgan fingerprint density at radius 2 is 2.12 bits per heavy atom. The summed E-state index contributed by atoms with van der Waals surface area (Å²) in [6.07, 6.45) is 4.07. The lowest BCUT2D eigenvalue weighted by atomic mass is 9.98. The smallest absolute Gasteiger partial charge is 0.0413 e. The summed E-state index contributed by atoms with van der Waals surface area (Å²) in [4.78, 5) is 4.40. The van der Waals surface area contributed by atoms with E-state index in [2.05, 4.69) is 59.1 Å². The molecule has 0 amide bonds. The predicted molar refractivity (Wildman–Crippen MR) is 72.6 cm³/mol. The highest BCUT2D eigenvalue weighted by Crippen LogP contribution is 2.12. The maximum absolute atomic E-state index is 4.40. The number of nitrogens with zero attached hydrogens (tertiary/aromatic N) is 1. The fourth-order valence-corrected chi connectivity index (χ4v) is 2.03. The Kier molecular flexibility index (Phi) is 5.99. The molecule has 2 nitrogen and oxygen atoms in total. The molecule has 0 aliphatic rings. The largest absolute Gasteiger partial charge is 0.314 e. The number of aryl methyl sites for hydroxylation is 1. The molecule has 0 saturated heterocycles. The molecule has 0 saturated carbocycles. The van der Waals surface area contributed by atoms with Crippen molar-refractivity contribution in [1.29, 1.82) is 0 Å². The molecule has 1 aromatic rings. The minimum Gasteiger partial charge on any atom is -0.314 e. The Balaban J connectivity index is 2.45. The third kappa shape index (κ3) is 4.62. The highest BCUT2D eigenvalue weighted by Gasteiger charge is 2.11. The SMILES string of the molecule is CCNC(CCc1ccc(Br)cn1)C(C)C. The van der Waals surface area contributed by atoms with Gasteiger partial charge in [-0.2, -0.15) is 0 Å². The third-order valence-corrected chi connectivity index (χ3v) is 3.24. The highest BCUT2D eigenvalue weighted by molar-refractivity contribution is 9.10. The summed E-state index contributed by atoms with van der Waals surface area (Å²) in [7, 11) is 0. The highest BCUT2D eigenvalue weighted by atomic mass is 79.9. The Labute approximate surface area is 107 Å². The van der Waals surface area contributed by atoms with E-state index in [1.54, 1.807) is 0 Å². The van der Waals surface area contributed by atoms with Gasteiger partial charge >= 0.3 is 0 Å². The first kappa shape index (κ1) is 13.7. The van der Waals surface area contributed by atoms with Crippen molar-refractivity contribution in [3.05, 3.63) is 28.5 Å². The zero-order chi connectivity index (χ0) is 12.0. The monoisotopic (exact) mass is 284 g/mol. The molecule has 1 N–H and O–H groups in total. The lowest BCUT2D eigenvalue weighted by Crippen LogP contribution is -2.34. The molecule has 1 aromatic heterocycles. The molecule has 1 heterocycles. The van der Waals surface area contributed by atoms with Crippen molar-refractivity contribution in [3.63, 3.8) is 0 Å². The number of rotatable bonds is 6. The molecule has 0 aromatic carbocycles. The molecular formula is C13H21BrN2. The average molecular weight is 285 g/mol. The van der Waals surface area contributed by atoms with Crippen molar-refractivity contribution in [2.45, 2.75) is 39.7 Å². The predicted octanol–water partition coefficient (Wildman–Crippen LogP) is 3.41. The van der Waals surface area contributed by atoms with Crippen LogP contribution in [-0.2, 0) is 6.42 Å². The maximum atomic E-state index is 4.40. The second-order valence-corrected chi connectivity index (χ2v) is 5.33. The first-order valence-corrected chi connectivity index (χ1v) is 6.76. The van der Waals surface area contributed by atoms with Crippen molar-refractivity contribution in [2.24, 2.45) is 5.92 Å². The lowest BCUT2D eigenvalue weighted by Gasteiger charge is -2.21. The molecule has 0 radical (unpaired) electrons. The van der Waals surface area contributed by atoms with Crippen LogP contribution in [0.3, 0.4) is 0 Å². The molecule has 90 valence electrons. The van der Waals surface area contributed by atoms with Gasteiger partial charge in [0.2, 0.25) is 0 Å². The summed E-state index contributed by atoms with van der Waals surface area (Å²) in [5.41, 5.74) is 1.17. The van der Waals surface area contributed by atoms with Crippen LogP contribution in [0.2, 0.25) is 0 Å².